The van der Waals surface area contributed by atoms with E-state index in [9.17, 15) is 8.42 Å². The molecule has 1 aliphatic carbocycles. The highest BCUT2D eigenvalue weighted by Crippen LogP contribution is 2.33. The van der Waals surface area contributed by atoms with Crippen LogP contribution >= 0.6 is 0 Å². The average Bonchev–Trinajstić information content (AvgIpc) is 3.25. The predicted molar refractivity (Wildman–Crippen MR) is 136 cm³/mol. The van der Waals surface area contributed by atoms with Gasteiger partial charge < -0.3 is 5.73 Å². The van der Waals surface area contributed by atoms with Crippen LogP contribution in [0.5, 0.6) is 0 Å². The number of sulfonamides is 1. The van der Waals surface area contributed by atoms with Crippen molar-refractivity contribution < 1.29 is 8.42 Å². The van der Waals surface area contributed by atoms with Crippen LogP contribution < -0.4 is 10.5 Å². The highest BCUT2D eigenvalue weighted by Gasteiger charge is 2.24. The van der Waals surface area contributed by atoms with E-state index in [-0.39, 0.29) is 16.4 Å². The van der Waals surface area contributed by atoms with Gasteiger partial charge >= 0.3 is 0 Å². The zero-order chi connectivity index (χ0) is 23.8. The lowest BCUT2D eigenvalue weighted by atomic mass is 9.89. The highest BCUT2D eigenvalue weighted by molar-refractivity contribution is 7.89. The van der Waals surface area contributed by atoms with Gasteiger partial charge in [-0.3, -0.25) is 4.99 Å². The predicted octanol–water partition coefficient (Wildman–Crippen LogP) is 5.13. The summed E-state index contributed by atoms with van der Waals surface area (Å²) in [5, 5.41) is 0. The third-order valence-electron chi connectivity index (χ3n) is 6.52. The van der Waals surface area contributed by atoms with Crippen molar-refractivity contribution in [1.29, 1.82) is 0 Å². The van der Waals surface area contributed by atoms with Crippen molar-refractivity contribution >= 4 is 27.1 Å². The molecule has 0 bridgehead atoms. The van der Waals surface area contributed by atoms with E-state index in [4.69, 9.17) is 5.73 Å². The number of hydrogen-bond donors (Lipinski definition) is 2. The zero-order valence-corrected chi connectivity index (χ0v) is 20.8. The minimum atomic E-state index is -3.59. The van der Waals surface area contributed by atoms with Crippen LogP contribution in [0.1, 0.15) is 64.0 Å². The van der Waals surface area contributed by atoms with Gasteiger partial charge in [-0.1, -0.05) is 46.1 Å². The number of aromatic nitrogens is 1. The molecule has 0 atom stereocenters. The van der Waals surface area contributed by atoms with Gasteiger partial charge in [-0.05, 0) is 60.7 Å². The second-order valence-electron chi connectivity index (χ2n) is 10.2. The third-order valence-corrected chi connectivity index (χ3v) is 8.04. The molecule has 2 aromatic rings. The molecule has 3 N–H and O–H groups in total. The van der Waals surface area contributed by atoms with Crippen LogP contribution in [-0.2, 0) is 10.0 Å². The van der Waals surface area contributed by atoms with Crippen LogP contribution in [0.2, 0.25) is 0 Å². The molecule has 1 aromatic carbocycles. The van der Waals surface area contributed by atoms with Crippen LogP contribution in [0.15, 0.2) is 46.4 Å². The van der Waals surface area contributed by atoms with E-state index in [0.717, 1.165) is 59.2 Å². The topological polar surface area (TPSA) is 97.4 Å². The van der Waals surface area contributed by atoms with Crippen LogP contribution in [0.4, 0.5) is 5.82 Å². The van der Waals surface area contributed by atoms with Gasteiger partial charge in [-0.2, -0.15) is 0 Å². The standard InChI is InChI=1S/C26H34N4O2S/c1-17-10-11-21(33(31,32)30-20-8-6-5-7-9-20)14-22(17)18-12-23(25(27)29-16-18)19-13-24(28-15-19)26(2,3)4/h10-14,16,20,30H,5-9,15H2,1-4H3,(H2,27,29). The molecule has 1 aliphatic heterocycles. The Kier molecular flexibility index (Phi) is 6.47. The molecule has 0 spiro atoms. The fourth-order valence-corrected chi connectivity index (χ4v) is 5.84. The molecule has 0 amide bonds. The summed E-state index contributed by atoms with van der Waals surface area (Å²) in [7, 11) is -3.59. The van der Waals surface area contributed by atoms with Gasteiger partial charge in [-0.15, -0.1) is 0 Å². The fourth-order valence-electron chi connectivity index (χ4n) is 4.51. The van der Waals surface area contributed by atoms with Gasteiger partial charge in [0.25, 0.3) is 0 Å². The van der Waals surface area contributed by atoms with Gasteiger partial charge in [0, 0.05) is 34.5 Å². The molecule has 0 unspecified atom stereocenters. The molecule has 2 heterocycles. The first-order valence-corrected chi connectivity index (χ1v) is 13.2. The number of aliphatic imine (C=N–C) groups is 1. The number of nitrogens with zero attached hydrogens (tertiary/aromatic N) is 2. The first-order valence-electron chi connectivity index (χ1n) is 11.7. The Morgan fingerprint density at radius 3 is 2.45 bits per heavy atom. The minimum absolute atomic E-state index is 0.0182. The largest absolute Gasteiger partial charge is 0.383 e. The van der Waals surface area contributed by atoms with Crippen molar-refractivity contribution in [3.05, 3.63) is 47.7 Å². The van der Waals surface area contributed by atoms with Gasteiger partial charge in [0.2, 0.25) is 10.0 Å². The summed E-state index contributed by atoms with van der Waals surface area (Å²) in [6.45, 7) is 8.96. The first-order chi connectivity index (χ1) is 15.5. The lowest BCUT2D eigenvalue weighted by Crippen LogP contribution is -2.36. The van der Waals surface area contributed by atoms with E-state index < -0.39 is 10.0 Å². The molecule has 0 radical (unpaired) electrons. The van der Waals surface area contributed by atoms with Gasteiger partial charge in [0.15, 0.2) is 0 Å². The molecule has 1 saturated carbocycles. The molecule has 4 rings (SSSR count). The number of hydrogen-bond acceptors (Lipinski definition) is 5. The number of nitrogen functional groups attached to an aromatic ring is 1. The Bertz CT molecular complexity index is 1220. The average molecular weight is 467 g/mol. The Morgan fingerprint density at radius 2 is 1.79 bits per heavy atom. The van der Waals surface area contributed by atoms with E-state index in [0.29, 0.717) is 12.4 Å². The van der Waals surface area contributed by atoms with E-state index in [1.54, 1.807) is 18.3 Å². The maximum Gasteiger partial charge on any atom is 0.240 e. The van der Waals surface area contributed by atoms with Crippen LogP contribution in [-0.4, -0.2) is 31.7 Å². The summed E-state index contributed by atoms with van der Waals surface area (Å²) >= 11 is 0. The summed E-state index contributed by atoms with van der Waals surface area (Å²) in [5.41, 5.74) is 11.8. The van der Waals surface area contributed by atoms with Gasteiger partial charge in [0.05, 0.1) is 11.4 Å². The number of rotatable bonds is 5. The molecule has 176 valence electrons. The number of nitrogens with one attached hydrogen (secondary N) is 1. The molecule has 6 nitrogen and oxygen atoms in total. The van der Waals surface area contributed by atoms with Crippen LogP contribution in [0.25, 0.3) is 16.7 Å². The van der Waals surface area contributed by atoms with Crippen LogP contribution in [0.3, 0.4) is 0 Å². The number of allylic oxidation sites excluding steroid dienone is 1. The van der Waals surface area contributed by atoms with Crippen molar-refractivity contribution in [2.24, 2.45) is 10.4 Å². The first kappa shape index (κ1) is 23.6. The number of anilines is 1. The molecular weight excluding hydrogens is 432 g/mol. The summed E-state index contributed by atoms with van der Waals surface area (Å²) < 4.78 is 29.1. The van der Waals surface area contributed by atoms with Crippen molar-refractivity contribution in [2.45, 2.75) is 70.7 Å². The monoisotopic (exact) mass is 466 g/mol. The Labute approximate surface area is 197 Å². The van der Waals surface area contributed by atoms with Crippen molar-refractivity contribution in [3.63, 3.8) is 0 Å². The molecule has 1 aromatic heterocycles. The summed E-state index contributed by atoms with van der Waals surface area (Å²) in [5.74, 6) is 0.454. The van der Waals surface area contributed by atoms with Crippen molar-refractivity contribution in [1.82, 2.24) is 9.71 Å². The highest BCUT2D eigenvalue weighted by atomic mass is 32.2. The number of pyridine rings is 1. The van der Waals surface area contributed by atoms with E-state index >= 15 is 0 Å². The SMILES string of the molecule is Cc1ccc(S(=O)(=O)NC2CCCCC2)cc1-c1cnc(N)c(C2=CC(C(C)(C)C)=NC2)c1. The van der Waals surface area contributed by atoms with E-state index in [1.807, 2.05) is 19.1 Å². The second kappa shape index (κ2) is 9.03. The number of nitrogens with two attached hydrogens (primary N) is 1. The Balaban J connectivity index is 1.67. The second-order valence-corrected chi connectivity index (χ2v) is 11.9. The molecule has 1 fully saturated rings. The molecule has 33 heavy (non-hydrogen) atoms. The quantitative estimate of drug-likeness (QED) is 0.638. The Morgan fingerprint density at radius 1 is 1.06 bits per heavy atom. The minimum Gasteiger partial charge on any atom is -0.383 e. The lowest BCUT2D eigenvalue weighted by molar-refractivity contribution is 0.412. The molecule has 0 saturated heterocycles. The third kappa shape index (κ3) is 5.20. The molecule has 2 aliphatic rings. The molecule has 7 heteroatoms. The van der Waals surface area contributed by atoms with Crippen LogP contribution in [0, 0.1) is 12.3 Å². The van der Waals surface area contributed by atoms with Crippen molar-refractivity contribution in [3.8, 4) is 11.1 Å². The lowest BCUT2D eigenvalue weighted by Gasteiger charge is -2.23. The maximum absolute atomic E-state index is 13.1. The summed E-state index contributed by atoms with van der Waals surface area (Å²) in [6.07, 6.45) is 8.93. The maximum atomic E-state index is 13.1. The van der Waals surface area contributed by atoms with E-state index in [1.165, 1.54) is 6.42 Å². The summed E-state index contributed by atoms with van der Waals surface area (Å²) in [4.78, 5) is 9.40. The number of aryl methyl sites for hydroxylation is 1. The number of benzene rings is 1. The normalized spacial score (nSPS) is 17.7. The fraction of sp³-hybridized carbons (Fsp3) is 0.462. The Hall–Kier alpha value is -2.51. The van der Waals surface area contributed by atoms with Crippen molar-refractivity contribution in [2.75, 3.05) is 12.3 Å². The van der Waals surface area contributed by atoms with E-state index in [2.05, 4.69) is 41.5 Å². The smallest absolute Gasteiger partial charge is 0.240 e. The van der Waals surface area contributed by atoms with Gasteiger partial charge in [-0.25, -0.2) is 18.1 Å². The molecular formula is C26H34N4O2S. The zero-order valence-electron chi connectivity index (χ0n) is 20.0. The summed E-state index contributed by atoms with van der Waals surface area (Å²) in [6, 6.07) is 7.31. The van der Waals surface area contributed by atoms with Gasteiger partial charge in [0.1, 0.15) is 5.82 Å².